The Morgan fingerprint density at radius 2 is 1.94 bits per heavy atom. The molecule has 0 aliphatic rings. The van der Waals surface area contributed by atoms with E-state index < -0.39 is 5.97 Å². The SMILES string of the molecule is CCOC(=O)c1ccn(-c2cccc(NC(=O)CCc3nc(-c4ccc(C)cc4)no3)c2)n1. The third kappa shape index (κ3) is 5.51. The molecule has 0 saturated heterocycles. The quantitative estimate of drug-likeness (QED) is 0.408. The van der Waals surface area contributed by atoms with Crippen molar-refractivity contribution in [3.63, 3.8) is 0 Å². The molecule has 4 aromatic rings. The van der Waals surface area contributed by atoms with Crippen LogP contribution in [0.2, 0.25) is 0 Å². The molecule has 1 amide bonds. The predicted octanol–water partition coefficient (Wildman–Crippen LogP) is 3.98. The molecule has 168 valence electrons. The van der Waals surface area contributed by atoms with E-state index in [0.29, 0.717) is 29.5 Å². The van der Waals surface area contributed by atoms with Gasteiger partial charge in [0.05, 0.1) is 12.3 Å². The molecule has 2 aromatic carbocycles. The lowest BCUT2D eigenvalue weighted by Crippen LogP contribution is -2.12. The number of benzene rings is 2. The highest BCUT2D eigenvalue weighted by Crippen LogP contribution is 2.18. The molecule has 9 nitrogen and oxygen atoms in total. The van der Waals surface area contributed by atoms with E-state index in [1.807, 2.05) is 37.3 Å². The number of aryl methyl sites for hydroxylation is 2. The van der Waals surface area contributed by atoms with Gasteiger partial charge in [0.15, 0.2) is 5.69 Å². The second-order valence-electron chi connectivity index (χ2n) is 7.34. The van der Waals surface area contributed by atoms with Crippen molar-refractivity contribution in [2.75, 3.05) is 11.9 Å². The Kier molecular flexibility index (Phi) is 6.58. The standard InChI is InChI=1S/C24H23N5O4/c1-3-32-24(31)20-13-14-29(27-20)19-6-4-5-18(15-19)25-21(30)11-12-22-26-23(28-33-22)17-9-7-16(2)8-10-17/h4-10,13-15H,3,11-12H2,1-2H3,(H,25,30). The Morgan fingerprint density at radius 1 is 1.12 bits per heavy atom. The molecular formula is C24H23N5O4. The van der Waals surface area contributed by atoms with Crippen LogP contribution in [0.4, 0.5) is 5.69 Å². The van der Waals surface area contributed by atoms with Crippen LogP contribution >= 0.6 is 0 Å². The number of amides is 1. The van der Waals surface area contributed by atoms with E-state index in [1.165, 1.54) is 0 Å². The molecule has 9 heteroatoms. The van der Waals surface area contributed by atoms with Gasteiger partial charge in [-0.3, -0.25) is 4.79 Å². The van der Waals surface area contributed by atoms with E-state index in [9.17, 15) is 9.59 Å². The third-order valence-corrected chi connectivity index (χ3v) is 4.81. The van der Waals surface area contributed by atoms with Crippen molar-refractivity contribution in [2.45, 2.75) is 26.7 Å². The van der Waals surface area contributed by atoms with E-state index in [4.69, 9.17) is 9.26 Å². The molecule has 4 rings (SSSR count). The fourth-order valence-electron chi connectivity index (χ4n) is 3.13. The van der Waals surface area contributed by atoms with Crippen LogP contribution in [0, 0.1) is 6.92 Å². The zero-order valence-electron chi connectivity index (χ0n) is 18.3. The van der Waals surface area contributed by atoms with Crippen molar-refractivity contribution >= 4 is 17.6 Å². The largest absolute Gasteiger partial charge is 0.461 e. The molecule has 33 heavy (non-hydrogen) atoms. The number of rotatable bonds is 8. The fraction of sp³-hybridized carbons (Fsp3) is 0.208. The van der Waals surface area contributed by atoms with Gasteiger partial charge in [-0.05, 0) is 38.1 Å². The first-order valence-corrected chi connectivity index (χ1v) is 10.5. The lowest BCUT2D eigenvalue weighted by molar-refractivity contribution is -0.116. The number of esters is 1. The van der Waals surface area contributed by atoms with Gasteiger partial charge < -0.3 is 14.6 Å². The number of hydrogen-bond acceptors (Lipinski definition) is 7. The van der Waals surface area contributed by atoms with Crippen LogP contribution in [0.15, 0.2) is 65.3 Å². The van der Waals surface area contributed by atoms with Crippen LogP contribution in [-0.4, -0.2) is 38.4 Å². The fourth-order valence-corrected chi connectivity index (χ4v) is 3.13. The summed E-state index contributed by atoms with van der Waals surface area (Å²) in [5.41, 5.74) is 3.53. The topological polar surface area (TPSA) is 112 Å². The summed E-state index contributed by atoms with van der Waals surface area (Å²) in [5, 5.41) is 11.1. The summed E-state index contributed by atoms with van der Waals surface area (Å²) in [6.07, 6.45) is 2.18. The van der Waals surface area contributed by atoms with E-state index in [-0.39, 0.29) is 24.6 Å². The Bertz CT molecular complexity index is 1260. The number of anilines is 1. The summed E-state index contributed by atoms with van der Waals surface area (Å²) in [4.78, 5) is 28.6. The monoisotopic (exact) mass is 445 g/mol. The first-order valence-electron chi connectivity index (χ1n) is 10.5. The molecule has 0 saturated carbocycles. The van der Waals surface area contributed by atoms with Gasteiger partial charge in [-0.1, -0.05) is 41.1 Å². The van der Waals surface area contributed by atoms with Crippen LogP contribution in [0.25, 0.3) is 17.1 Å². The number of aromatic nitrogens is 4. The summed E-state index contributed by atoms with van der Waals surface area (Å²) in [5.74, 6) is 0.235. The minimum atomic E-state index is -0.479. The van der Waals surface area contributed by atoms with Crippen molar-refractivity contribution in [1.29, 1.82) is 0 Å². The number of hydrogen-bond donors (Lipinski definition) is 1. The zero-order valence-corrected chi connectivity index (χ0v) is 18.3. The van der Waals surface area contributed by atoms with Crippen LogP contribution in [0.5, 0.6) is 0 Å². The van der Waals surface area contributed by atoms with E-state index in [1.54, 1.807) is 42.1 Å². The van der Waals surface area contributed by atoms with Crippen molar-refractivity contribution in [2.24, 2.45) is 0 Å². The minimum absolute atomic E-state index is 0.185. The molecule has 0 unspecified atom stereocenters. The maximum Gasteiger partial charge on any atom is 0.358 e. The van der Waals surface area contributed by atoms with Gasteiger partial charge in [0.25, 0.3) is 0 Å². The van der Waals surface area contributed by atoms with Gasteiger partial charge in [-0.15, -0.1) is 0 Å². The van der Waals surface area contributed by atoms with Gasteiger partial charge in [-0.2, -0.15) is 10.1 Å². The predicted molar refractivity (Wildman–Crippen MR) is 121 cm³/mol. The first kappa shape index (κ1) is 21.9. The molecule has 0 bridgehead atoms. The average molecular weight is 445 g/mol. The first-order chi connectivity index (χ1) is 16.0. The Morgan fingerprint density at radius 3 is 2.73 bits per heavy atom. The Balaban J connectivity index is 1.35. The Labute approximate surface area is 190 Å². The smallest absolute Gasteiger partial charge is 0.358 e. The maximum atomic E-state index is 12.4. The number of nitrogens with one attached hydrogen (secondary N) is 1. The van der Waals surface area contributed by atoms with Crippen molar-refractivity contribution in [3.05, 3.63) is 77.9 Å². The van der Waals surface area contributed by atoms with Crippen LogP contribution < -0.4 is 5.32 Å². The normalized spacial score (nSPS) is 10.7. The van der Waals surface area contributed by atoms with Crippen LogP contribution in [0.3, 0.4) is 0 Å². The zero-order chi connectivity index (χ0) is 23.2. The molecule has 0 aliphatic carbocycles. The number of carbonyl (C=O) groups excluding carboxylic acids is 2. The third-order valence-electron chi connectivity index (χ3n) is 4.81. The molecule has 1 N–H and O–H groups in total. The van der Waals surface area contributed by atoms with E-state index in [0.717, 1.165) is 11.1 Å². The number of ether oxygens (including phenoxy) is 1. The molecule has 0 radical (unpaired) electrons. The molecule has 2 aromatic heterocycles. The average Bonchev–Trinajstić information content (AvgIpc) is 3.49. The molecule has 0 atom stereocenters. The summed E-state index contributed by atoms with van der Waals surface area (Å²) in [7, 11) is 0. The summed E-state index contributed by atoms with van der Waals surface area (Å²) in [6, 6.07) is 16.6. The van der Waals surface area contributed by atoms with Crippen LogP contribution in [0.1, 0.15) is 35.3 Å². The lowest BCUT2D eigenvalue weighted by atomic mass is 10.1. The highest BCUT2D eigenvalue weighted by atomic mass is 16.5. The molecule has 0 aliphatic heterocycles. The molecular weight excluding hydrogens is 422 g/mol. The number of nitrogens with zero attached hydrogens (tertiary/aromatic N) is 4. The molecule has 0 fully saturated rings. The summed E-state index contributed by atoms with van der Waals surface area (Å²) < 4.78 is 11.8. The van der Waals surface area contributed by atoms with Gasteiger partial charge in [0.1, 0.15) is 0 Å². The Hall–Kier alpha value is -4.27. The lowest BCUT2D eigenvalue weighted by Gasteiger charge is -2.07. The van der Waals surface area contributed by atoms with Crippen molar-refractivity contribution in [1.82, 2.24) is 19.9 Å². The van der Waals surface area contributed by atoms with Crippen molar-refractivity contribution in [3.8, 4) is 17.1 Å². The highest BCUT2D eigenvalue weighted by Gasteiger charge is 2.13. The van der Waals surface area contributed by atoms with Gasteiger partial charge in [-0.25, -0.2) is 9.48 Å². The maximum absolute atomic E-state index is 12.4. The second-order valence-corrected chi connectivity index (χ2v) is 7.34. The summed E-state index contributed by atoms with van der Waals surface area (Å²) >= 11 is 0. The van der Waals surface area contributed by atoms with E-state index >= 15 is 0 Å². The second kappa shape index (κ2) is 9.90. The molecule has 2 heterocycles. The van der Waals surface area contributed by atoms with Gasteiger partial charge in [0, 0.05) is 30.3 Å². The van der Waals surface area contributed by atoms with E-state index in [2.05, 4.69) is 20.6 Å². The number of carbonyl (C=O) groups is 2. The van der Waals surface area contributed by atoms with Crippen LogP contribution in [-0.2, 0) is 16.0 Å². The van der Waals surface area contributed by atoms with Gasteiger partial charge in [0.2, 0.25) is 17.6 Å². The highest BCUT2D eigenvalue weighted by molar-refractivity contribution is 5.91. The van der Waals surface area contributed by atoms with Crippen molar-refractivity contribution < 1.29 is 18.8 Å². The minimum Gasteiger partial charge on any atom is -0.461 e. The summed E-state index contributed by atoms with van der Waals surface area (Å²) in [6.45, 7) is 4.03. The van der Waals surface area contributed by atoms with Gasteiger partial charge >= 0.3 is 5.97 Å². The molecule has 0 spiro atoms.